The van der Waals surface area contributed by atoms with Crippen molar-refractivity contribution in [1.29, 1.82) is 5.26 Å². The van der Waals surface area contributed by atoms with Crippen LogP contribution in [0.2, 0.25) is 0 Å². The molecule has 1 rings (SSSR count). The topological polar surface area (TPSA) is 70.8 Å². The van der Waals surface area contributed by atoms with Crippen LogP contribution in [0.25, 0.3) is 0 Å². The summed E-state index contributed by atoms with van der Waals surface area (Å²) in [5.74, 6) is -0.286. The molecule has 0 unspecified atom stereocenters. The maximum absolute atomic E-state index is 10.7. The van der Waals surface area contributed by atoms with Gasteiger partial charge in [-0.2, -0.15) is 5.26 Å². The zero-order valence-electron chi connectivity index (χ0n) is 6.44. The summed E-state index contributed by atoms with van der Waals surface area (Å²) in [6.07, 6.45) is 1.37. The van der Waals surface area contributed by atoms with Gasteiger partial charge in [-0.25, -0.2) is 13.4 Å². The summed E-state index contributed by atoms with van der Waals surface area (Å²) in [6.45, 7) is 0. The summed E-state index contributed by atoms with van der Waals surface area (Å²) in [4.78, 5) is 3.69. The number of aromatic nitrogens is 1. The average molecular weight is 217 g/mol. The number of nitrogens with zero attached hydrogens (tertiary/aromatic N) is 2. The highest BCUT2D eigenvalue weighted by atomic mass is 35.7. The molecule has 0 aliphatic carbocycles. The van der Waals surface area contributed by atoms with Crippen LogP contribution in [0.15, 0.2) is 18.3 Å². The molecule has 13 heavy (non-hydrogen) atoms. The van der Waals surface area contributed by atoms with Crippen molar-refractivity contribution in [3.63, 3.8) is 0 Å². The van der Waals surface area contributed by atoms with Crippen molar-refractivity contribution >= 4 is 19.7 Å². The lowest BCUT2D eigenvalue weighted by atomic mass is 10.2. The van der Waals surface area contributed by atoms with E-state index < -0.39 is 9.05 Å². The molecule has 0 fully saturated rings. The van der Waals surface area contributed by atoms with Crippen molar-refractivity contribution in [2.75, 3.05) is 0 Å². The molecule has 6 heteroatoms. The molecular weight excluding hydrogens is 212 g/mol. The van der Waals surface area contributed by atoms with Crippen LogP contribution >= 0.6 is 10.7 Å². The minimum Gasteiger partial charge on any atom is -0.246 e. The predicted molar refractivity (Wildman–Crippen MR) is 47.4 cm³/mol. The molecule has 0 bridgehead atoms. The van der Waals surface area contributed by atoms with Gasteiger partial charge < -0.3 is 0 Å². The third-order valence-corrected chi connectivity index (χ3v) is 2.28. The third kappa shape index (κ3) is 3.40. The molecule has 0 atom stereocenters. The number of rotatable bonds is 2. The summed E-state index contributed by atoms with van der Waals surface area (Å²) >= 11 is 0. The summed E-state index contributed by atoms with van der Waals surface area (Å²) < 4.78 is 21.3. The number of hydrogen-bond donors (Lipinski definition) is 0. The molecule has 0 saturated heterocycles. The van der Waals surface area contributed by atoms with Gasteiger partial charge in [0.25, 0.3) is 0 Å². The van der Waals surface area contributed by atoms with Gasteiger partial charge in [0.1, 0.15) is 11.8 Å². The van der Waals surface area contributed by atoms with E-state index >= 15 is 0 Å². The number of nitriles is 1. The molecular formula is C7H5ClN2O2S. The van der Waals surface area contributed by atoms with E-state index in [4.69, 9.17) is 15.9 Å². The maximum Gasteiger partial charge on any atom is 0.236 e. The fourth-order valence-corrected chi connectivity index (χ4v) is 1.78. The highest BCUT2D eigenvalue weighted by Crippen LogP contribution is 2.09. The molecule has 1 aromatic heterocycles. The number of halogens is 1. The van der Waals surface area contributed by atoms with Crippen LogP contribution in [0, 0.1) is 11.3 Å². The molecule has 1 heterocycles. The van der Waals surface area contributed by atoms with Crippen LogP contribution in [-0.4, -0.2) is 13.4 Å². The standard InChI is InChI=1S/C7H5ClN2O2S/c8-13(11,12)5-6-1-2-10-7(3-6)4-9/h1-3H,5H2. The van der Waals surface area contributed by atoms with Crippen molar-refractivity contribution < 1.29 is 8.42 Å². The van der Waals surface area contributed by atoms with Gasteiger partial charge in [-0.05, 0) is 17.7 Å². The van der Waals surface area contributed by atoms with E-state index in [0.29, 0.717) is 5.56 Å². The minimum atomic E-state index is -3.57. The van der Waals surface area contributed by atoms with Crippen molar-refractivity contribution in [2.45, 2.75) is 5.75 Å². The number of hydrogen-bond acceptors (Lipinski definition) is 4. The van der Waals surface area contributed by atoms with E-state index in [2.05, 4.69) is 4.98 Å². The monoisotopic (exact) mass is 216 g/mol. The van der Waals surface area contributed by atoms with Crippen LogP contribution in [0.3, 0.4) is 0 Å². The van der Waals surface area contributed by atoms with Crippen LogP contribution in [-0.2, 0) is 14.8 Å². The zero-order valence-corrected chi connectivity index (χ0v) is 8.01. The lowest BCUT2D eigenvalue weighted by molar-refractivity contribution is 0.609. The SMILES string of the molecule is N#Cc1cc(CS(=O)(=O)Cl)ccn1. The molecule has 1 aromatic rings. The Labute approximate surface area is 80.2 Å². The smallest absolute Gasteiger partial charge is 0.236 e. The van der Waals surface area contributed by atoms with Crippen molar-refractivity contribution in [3.05, 3.63) is 29.6 Å². The first kappa shape index (κ1) is 9.96. The molecule has 0 N–H and O–H groups in total. The summed E-state index contributed by atoms with van der Waals surface area (Å²) in [5.41, 5.74) is 0.638. The van der Waals surface area contributed by atoms with E-state index in [1.54, 1.807) is 6.07 Å². The van der Waals surface area contributed by atoms with Crippen molar-refractivity contribution in [3.8, 4) is 6.07 Å². The molecule has 0 aliphatic heterocycles. The second-order valence-electron chi connectivity index (χ2n) is 2.34. The van der Waals surface area contributed by atoms with E-state index in [-0.39, 0.29) is 11.4 Å². The zero-order chi connectivity index (χ0) is 9.90. The van der Waals surface area contributed by atoms with Gasteiger partial charge in [-0.3, -0.25) is 0 Å². The van der Waals surface area contributed by atoms with Gasteiger partial charge in [-0.1, -0.05) is 0 Å². The van der Waals surface area contributed by atoms with Crippen LogP contribution in [0.4, 0.5) is 0 Å². The van der Waals surface area contributed by atoms with Crippen LogP contribution in [0.5, 0.6) is 0 Å². The van der Waals surface area contributed by atoms with Gasteiger partial charge in [0, 0.05) is 16.9 Å². The summed E-state index contributed by atoms with van der Waals surface area (Å²) in [6, 6.07) is 4.69. The maximum atomic E-state index is 10.7. The Morgan fingerprint density at radius 3 is 2.85 bits per heavy atom. The van der Waals surface area contributed by atoms with Gasteiger partial charge >= 0.3 is 0 Å². The molecule has 0 radical (unpaired) electrons. The molecule has 68 valence electrons. The Hall–Kier alpha value is -1.12. The first-order valence-electron chi connectivity index (χ1n) is 3.28. The average Bonchev–Trinajstić information content (AvgIpc) is 2.01. The van der Waals surface area contributed by atoms with Gasteiger partial charge in [0.15, 0.2) is 0 Å². The quantitative estimate of drug-likeness (QED) is 0.692. The molecule has 0 amide bonds. The van der Waals surface area contributed by atoms with Crippen molar-refractivity contribution in [1.82, 2.24) is 4.98 Å². The predicted octanol–water partition coefficient (Wildman–Crippen LogP) is 1.02. The lowest BCUT2D eigenvalue weighted by Crippen LogP contribution is -1.96. The van der Waals surface area contributed by atoms with E-state index in [1.807, 2.05) is 0 Å². The second kappa shape index (κ2) is 3.73. The van der Waals surface area contributed by atoms with Gasteiger partial charge in [-0.15, -0.1) is 0 Å². The normalized spacial score (nSPS) is 10.8. The Bertz CT molecular complexity index is 450. The molecule has 0 spiro atoms. The van der Waals surface area contributed by atoms with Gasteiger partial charge in [0.05, 0.1) is 5.75 Å². The van der Waals surface area contributed by atoms with Crippen LogP contribution in [0.1, 0.15) is 11.3 Å². The Kier molecular flexibility index (Phi) is 2.86. The van der Waals surface area contributed by atoms with Crippen molar-refractivity contribution in [2.24, 2.45) is 0 Å². The van der Waals surface area contributed by atoms with E-state index in [0.717, 1.165) is 0 Å². The molecule has 4 nitrogen and oxygen atoms in total. The number of pyridine rings is 1. The Morgan fingerprint density at radius 1 is 1.62 bits per heavy atom. The first-order chi connectivity index (χ1) is 6.01. The minimum absolute atomic E-state index is 0.179. The highest BCUT2D eigenvalue weighted by molar-refractivity contribution is 8.13. The molecule has 0 aromatic carbocycles. The first-order valence-corrected chi connectivity index (χ1v) is 5.76. The molecule has 0 aliphatic rings. The Balaban J connectivity index is 2.99. The largest absolute Gasteiger partial charge is 0.246 e. The van der Waals surface area contributed by atoms with Gasteiger partial charge in [0.2, 0.25) is 9.05 Å². The lowest BCUT2D eigenvalue weighted by Gasteiger charge is -1.96. The third-order valence-electron chi connectivity index (χ3n) is 1.28. The fraction of sp³-hybridized carbons (Fsp3) is 0.143. The summed E-state index contributed by atoms with van der Waals surface area (Å²) in [5, 5.41) is 8.47. The Morgan fingerprint density at radius 2 is 2.31 bits per heavy atom. The second-order valence-corrected chi connectivity index (χ2v) is 5.12. The summed E-state index contributed by atoms with van der Waals surface area (Å²) in [7, 11) is 1.47. The van der Waals surface area contributed by atoms with E-state index in [1.165, 1.54) is 18.3 Å². The highest BCUT2D eigenvalue weighted by Gasteiger charge is 2.07. The van der Waals surface area contributed by atoms with E-state index in [9.17, 15) is 8.42 Å². The van der Waals surface area contributed by atoms with Crippen LogP contribution < -0.4 is 0 Å². The fourth-order valence-electron chi connectivity index (χ4n) is 0.824. The molecule has 0 saturated carbocycles.